The minimum absolute atomic E-state index is 0.0191. The van der Waals surface area contributed by atoms with Gasteiger partial charge in [-0.15, -0.1) is 6.58 Å². The van der Waals surface area contributed by atoms with Gasteiger partial charge in [0.25, 0.3) is 0 Å². The SMILES string of the molecule is C=CCCCCCC(NN)C(OCC)c1ccccc1. The molecule has 0 aliphatic heterocycles. The number of hydrogen-bond acceptors (Lipinski definition) is 3. The maximum absolute atomic E-state index is 5.90. The van der Waals surface area contributed by atoms with Gasteiger partial charge in [-0.2, -0.15) is 0 Å². The van der Waals surface area contributed by atoms with Gasteiger partial charge in [0, 0.05) is 6.61 Å². The lowest BCUT2D eigenvalue weighted by Crippen LogP contribution is -2.40. The van der Waals surface area contributed by atoms with Gasteiger partial charge in [-0.05, 0) is 31.7 Å². The van der Waals surface area contributed by atoms with Gasteiger partial charge in [0.1, 0.15) is 0 Å². The van der Waals surface area contributed by atoms with Crippen LogP contribution >= 0.6 is 0 Å². The molecule has 3 N–H and O–H groups in total. The summed E-state index contributed by atoms with van der Waals surface area (Å²) in [6.07, 6.45) is 7.67. The molecular weight excluding hydrogens is 248 g/mol. The van der Waals surface area contributed by atoms with Crippen LogP contribution < -0.4 is 11.3 Å². The monoisotopic (exact) mass is 276 g/mol. The Bertz CT molecular complexity index is 353. The summed E-state index contributed by atoms with van der Waals surface area (Å²) >= 11 is 0. The number of ether oxygens (including phenoxy) is 1. The van der Waals surface area contributed by atoms with Crippen LogP contribution in [0.3, 0.4) is 0 Å². The molecular formula is C17H28N2O. The van der Waals surface area contributed by atoms with E-state index in [9.17, 15) is 0 Å². The van der Waals surface area contributed by atoms with Crippen LogP contribution in [0.1, 0.15) is 50.7 Å². The summed E-state index contributed by atoms with van der Waals surface area (Å²) in [5.41, 5.74) is 4.11. The molecule has 0 radical (unpaired) electrons. The van der Waals surface area contributed by atoms with Gasteiger partial charge in [0.05, 0.1) is 12.1 Å². The molecule has 2 atom stereocenters. The van der Waals surface area contributed by atoms with Crippen LogP contribution in [0.4, 0.5) is 0 Å². The minimum Gasteiger partial charge on any atom is -0.372 e. The number of unbranched alkanes of at least 4 members (excludes halogenated alkanes) is 3. The topological polar surface area (TPSA) is 47.3 Å². The lowest BCUT2D eigenvalue weighted by molar-refractivity contribution is 0.0301. The molecule has 1 rings (SSSR count). The van der Waals surface area contributed by atoms with E-state index in [0.717, 1.165) is 19.3 Å². The standard InChI is InChI=1S/C17H28N2O/c1-3-5-6-7-11-14-16(19-18)17(20-4-2)15-12-9-8-10-13-15/h3,8-10,12-13,16-17,19H,1,4-7,11,14,18H2,2H3. The Hall–Kier alpha value is -1.16. The molecule has 2 unspecified atom stereocenters. The molecule has 0 spiro atoms. The maximum atomic E-state index is 5.90. The van der Waals surface area contributed by atoms with E-state index in [2.05, 4.69) is 24.1 Å². The maximum Gasteiger partial charge on any atom is 0.0991 e. The summed E-state index contributed by atoms with van der Waals surface area (Å²) in [6.45, 7) is 6.46. The van der Waals surface area contributed by atoms with E-state index in [1.54, 1.807) is 0 Å². The lowest BCUT2D eigenvalue weighted by atomic mass is 9.97. The van der Waals surface area contributed by atoms with E-state index in [1.807, 2.05) is 31.2 Å². The van der Waals surface area contributed by atoms with E-state index >= 15 is 0 Å². The van der Waals surface area contributed by atoms with Crippen molar-refractivity contribution in [2.24, 2.45) is 5.84 Å². The average Bonchev–Trinajstić information content (AvgIpc) is 2.50. The van der Waals surface area contributed by atoms with Crippen LogP contribution in [0.2, 0.25) is 0 Å². The molecule has 1 aromatic carbocycles. The van der Waals surface area contributed by atoms with Crippen molar-refractivity contribution in [3.8, 4) is 0 Å². The first-order chi connectivity index (χ1) is 9.83. The molecule has 0 aliphatic rings. The van der Waals surface area contributed by atoms with E-state index < -0.39 is 0 Å². The van der Waals surface area contributed by atoms with Gasteiger partial charge in [0.15, 0.2) is 0 Å². The second kappa shape index (κ2) is 10.6. The zero-order valence-electron chi connectivity index (χ0n) is 12.6. The summed E-state index contributed by atoms with van der Waals surface area (Å²) in [4.78, 5) is 0. The molecule has 0 fully saturated rings. The molecule has 20 heavy (non-hydrogen) atoms. The van der Waals surface area contributed by atoms with Gasteiger partial charge < -0.3 is 4.74 Å². The molecule has 1 aromatic rings. The first-order valence-electron chi connectivity index (χ1n) is 7.57. The number of benzene rings is 1. The number of nitrogens with two attached hydrogens (primary N) is 1. The molecule has 0 saturated carbocycles. The van der Waals surface area contributed by atoms with Crippen LogP contribution in [0.25, 0.3) is 0 Å². The van der Waals surface area contributed by atoms with Gasteiger partial charge >= 0.3 is 0 Å². The Labute approximate surface area is 123 Å². The molecule has 112 valence electrons. The Kier molecular flexibility index (Phi) is 8.96. The molecule has 0 bridgehead atoms. The van der Waals surface area contributed by atoms with Crippen molar-refractivity contribution < 1.29 is 4.74 Å². The van der Waals surface area contributed by atoms with Crippen molar-refractivity contribution in [2.45, 2.75) is 51.2 Å². The molecule has 0 amide bonds. The van der Waals surface area contributed by atoms with E-state index in [-0.39, 0.29) is 12.1 Å². The van der Waals surface area contributed by atoms with Gasteiger partial charge in [-0.25, -0.2) is 0 Å². The number of hydrazine groups is 1. The minimum atomic E-state index is 0.0191. The normalized spacial score (nSPS) is 13.9. The zero-order valence-corrected chi connectivity index (χ0v) is 12.6. The Morgan fingerprint density at radius 1 is 1.25 bits per heavy atom. The summed E-state index contributed by atoms with van der Waals surface area (Å²) < 4.78 is 5.90. The van der Waals surface area contributed by atoms with Crippen molar-refractivity contribution >= 4 is 0 Å². The van der Waals surface area contributed by atoms with E-state index in [1.165, 1.54) is 18.4 Å². The second-order valence-corrected chi connectivity index (χ2v) is 4.99. The first-order valence-corrected chi connectivity index (χ1v) is 7.57. The van der Waals surface area contributed by atoms with Crippen molar-refractivity contribution in [1.82, 2.24) is 5.43 Å². The van der Waals surface area contributed by atoms with Gasteiger partial charge in [0.2, 0.25) is 0 Å². The van der Waals surface area contributed by atoms with Crippen LogP contribution in [0.5, 0.6) is 0 Å². The van der Waals surface area contributed by atoms with Gasteiger partial charge in [-0.3, -0.25) is 11.3 Å². The van der Waals surface area contributed by atoms with E-state index in [0.29, 0.717) is 6.61 Å². The summed E-state index contributed by atoms with van der Waals surface area (Å²) in [6, 6.07) is 10.5. The third-order valence-corrected chi connectivity index (χ3v) is 3.48. The largest absolute Gasteiger partial charge is 0.372 e. The molecule has 3 nitrogen and oxygen atoms in total. The van der Waals surface area contributed by atoms with Crippen molar-refractivity contribution in [2.75, 3.05) is 6.61 Å². The molecule has 3 heteroatoms. The predicted octanol–water partition coefficient (Wildman–Crippen LogP) is 3.73. The van der Waals surface area contributed by atoms with Crippen LogP contribution in [-0.2, 0) is 4.74 Å². The van der Waals surface area contributed by atoms with Crippen LogP contribution in [0, 0.1) is 0 Å². The highest BCUT2D eigenvalue weighted by molar-refractivity contribution is 5.19. The highest BCUT2D eigenvalue weighted by Crippen LogP contribution is 2.24. The Morgan fingerprint density at radius 3 is 2.60 bits per heavy atom. The second-order valence-electron chi connectivity index (χ2n) is 4.99. The van der Waals surface area contributed by atoms with Gasteiger partial charge in [-0.1, -0.05) is 49.2 Å². The molecule has 0 aromatic heterocycles. The molecule has 0 aliphatic carbocycles. The highest BCUT2D eigenvalue weighted by Gasteiger charge is 2.22. The number of hydrogen-bond donors (Lipinski definition) is 2. The Balaban J connectivity index is 2.55. The third kappa shape index (κ3) is 5.87. The third-order valence-electron chi connectivity index (χ3n) is 3.48. The smallest absolute Gasteiger partial charge is 0.0991 e. The van der Waals surface area contributed by atoms with Crippen LogP contribution in [-0.4, -0.2) is 12.6 Å². The lowest BCUT2D eigenvalue weighted by Gasteiger charge is -2.27. The number of nitrogens with one attached hydrogen (secondary N) is 1. The molecule has 0 heterocycles. The fourth-order valence-corrected chi connectivity index (χ4v) is 2.42. The van der Waals surface area contributed by atoms with E-state index in [4.69, 9.17) is 10.6 Å². The van der Waals surface area contributed by atoms with Crippen molar-refractivity contribution in [3.05, 3.63) is 48.6 Å². The average molecular weight is 276 g/mol. The van der Waals surface area contributed by atoms with Crippen molar-refractivity contribution in [1.29, 1.82) is 0 Å². The zero-order chi connectivity index (χ0) is 14.6. The first kappa shape index (κ1) is 16.9. The summed E-state index contributed by atoms with van der Waals surface area (Å²) in [7, 11) is 0. The number of rotatable bonds is 11. The fraction of sp³-hybridized carbons (Fsp3) is 0.529. The Morgan fingerprint density at radius 2 is 2.00 bits per heavy atom. The quantitative estimate of drug-likeness (QED) is 0.280. The molecule has 0 saturated heterocycles. The predicted molar refractivity (Wildman–Crippen MR) is 85.2 cm³/mol. The summed E-state index contributed by atoms with van der Waals surface area (Å²) in [5.74, 6) is 5.74. The summed E-state index contributed by atoms with van der Waals surface area (Å²) in [5, 5.41) is 0. The fourth-order valence-electron chi connectivity index (χ4n) is 2.42. The van der Waals surface area contributed by atoms with Crippen molar-refractivity contribution in [3.63, 3.8) is 0 Å². The number of allylic oxidation sites excluding steroid dienone is 1. The van der Waals surface area contributed by atoms with Crippen LogP contribution in [0.15, 0.2) is 43.0 Å². The highest BCUT2D eigenvalue weighted by atomic mass is 16.5.